The van der Waals surface area contributed by atoms with Crippen LogP contribution in [0.4, 0.5) is 0 Å². The van der Waals surface area contributed by atoms with Crippen LogP contribution < -0.4 is 14.9 Å². The summed E-state index contributed by atoms with van der Waals surface area (Å²) in [4.78, 5) is 12.6. The van der Waals surface area contributed by atoms with Crippen LogP contribution in [0.2, 0.25) is 0 Å². The van der Waals surface area contributed by atoms with Gasteiger partial charge in [0.1, 0.15) is 11.3 Å². The number of rotatable bonds is 3. The number of aryl methyl sites for hydroxylation is 1. The highest BCUT2D eigenvalue weighted by molar-refractivity contribution is 5.84. The van der Waals surface area contributed by atoms with Gasteiger partial charge < -0.3 is 13.9 Å². The average molecular weight is 296 g/mol. The lowest BCUT2D eigenvalue weighted by atomic mass is 10.1. The van der Waals surface area contributed by atoms with E-state index in [1.54, 1.807) is 13.2 Å². The predicted octanol–water partition coefficient (Wildman–Crippen LogP) is 3.79. The van der Waals surface area contributed by atoms with E-state index in [1.807, 2.05) is 43.3 Å². The van der Waals surface area contributed by atoms with Crippen molar-refractivity contribution in [3.8, 4) is 22.8 Å². The van der Waals surface area contributed by atoms with Crippen molar-refractivity contribution < 1.29 is 13.9 Å². The molecule has 0 aliphatic carbocycles. The molecule has 0 fully saturated rings. The number of para-hydroxylation sites is 1. The molecular formula is C18H16O4. The molecule has 0 radical (unpaired) electrons. The second-order valence-corrected chi connectivity index (χ2v) is 4.97. The van der Waals surface area contributed by atoms with Crippen molar-refractivity contribution >= 4 is 11.0 Å². The SMILES string of the molecule is COc1ccc(-c2oc3c(C)cccc3c(=O)c2OC)cc1. The van der Waals surface area contributed by atoms with Gasteiger partial charge >= 0.3 is 0 Å². The summed E-state index contributed by atoms with van der Waals surface area (Å²) in [5.41, 5.74) is 2.09. The third-order valence-electron chi connectivity index (χ3n) is 3.63. The molecule has 0 saturated carbocycles. The van der Waals surface area contributed by atoms with E-state index >= 15 is 0 Å². The van der Waals surface area contributed by atoms with Crippen molar-refractivity contribution in [2.75, 3.05) is 14.2 Å². The zero-order valence-electron chi connectivity index (χ0n) is 12.7. The normalized spacial score (nSPS) is 10.7. The Bertz CT molecular complexity index is 876. The van der Waals surface area contributed by atoms with Gasteiger partial charge in [0.2, 0.25) is 11.2 Å². The number of ether oxygens (including phenoxy) is 2. The van der Waals surface area contributed by atoms with E-state index in [4.69, 9.17) is 13.9 Å². The van der Waals surface area contributed by atoms with Crippen LogP contribution >= 0.6 is 0 Å². The van der Waals surface area contributed by atoms with Crippen LogP contribution in [-0.2, 0) is 0 Å². The second-order valence-electron chi connectivity index (χ2n) is 4.97. The standard InChI is InChI=1S/C18H16O4/c1-11-5-4-6-14-15(19)18(21-3)17(22-16(11)14)12-7-9-13(20-2)10-8-12/h4-10H,1-3H3. The van der Waals surface area contributed by atoms with Gasteiger partial charge in [-0.05, 0) is 42.8 Å². The van der Waals surface area contributed by atoms with Gasteiger partial charge in [-0.3, -0.25) is 4.79 Å². The first kappa shape index (κ1) is 14.2. The van der Waals surface area contributed by atoms with Crippen molar-refractivity contribution in [1.82, 2.24) is 0 Å². The molecule has 0 amide bonds. The minimum Gasteiger partial charge on any atom is -0.497 e. The Morgan fingerprint density at radius 3 is 2.32 bits per heavy atom. The number of methoxy groups -OCH3 is 2. The average Bonchev–Trinajstić information content (AvgIpc) is 2.55. The van der Waals surface area contributed by atoms with Crippen LogP contribution in [0.1, 0.15) is 5.56 Å². The number of hydrogen-bond donors (Lipinski definition) is 0. The first-order valence-corrected chi connectivity index (χ1v) is 6.90. The molecule has 0 unspecified atom stereocenters. The summed E-state index contributed by atoms with van der Waals surface area (Å²) < 4.78 is 16.4. The Morgan fingerprint density at radius 1 is 0.955 bits per heavy atom. The molecule has 2 aromatic carbocycles. The molecule has 3 rings (SSSR count). The summed E-state index contributed by atoms with van der Waals surface area (Å²) in [6.45, 7) is 1.91. The Hall–Kier alpha value is -2.75. The number of benzene rings is 2. The molecule has 22 heavy (non-hydrogen) atoms. The molecule has 4 heteroatoms. The summed E-state index contributed by atoms with van der Waals surface area (Å²) in [5, 5.41) is 0.522. The zero-order chi connectivity index (χ0) is 15.7. The molecular weight excluding hydrogens is 280 g/mol. The van der Waals surface area contributed by atoms with E-state index in [9.17, 15) is 4.79 Å². The molecule has 1 heterocycles. The number of fused-ring (bicyclic) bond motifs is 1. The lowest BCUT2D eigenvalue weighted by Crippen LogP contribution is -2.08. The minimum atomic E-state index is -0.168. The zero-order valence-corrected chi connectivity index (χ0v) is 12.7. The van der Waals surface area contributed by atoms with E-state index in [1.165, 1.54) is 7.11 Å². The van der Waals surface area contributed by atoms with Crippen LogP contribution in [-0.4, -0.2) is 14.2 Å². The molecule has 0 saturated heterocycles. The van der Waals surface area contributed by atoms with Crippen molar-refractivity contribution in [3.63, 3.8) is 0 Å². The van der Waals surface area contributed by atoms with Gasteiger partial charge in [-0.2, -0.15) is 0 Å². The molecule has 0 aliphatic heterocycles. The predicted molar refractivity (Wildman–Crippen MR) is 85.8 cm³/mol. The summed E-state index contributed by atoms with van der Waals surface area (Å²) in [6.07, 6.45) is 0. The van der Waals surface area contributed by atoms with Gasteiger partial charge in [0.15, 0.2) is 5.76 Å². The fourth-order valence-corrected chi connectivity index (χ4v) is 2.46. The fraction of sp³-hybridized carbons (Fsp3) is 0.167. The van der Waals surface area contributed by atoms with Gasteiger partial charge in [-0.15, -0.1) is 0 Å². The summed E-state index contributed by atoms with van der Waals surface area (Å²) in [7, 11) is 3.08. The Balaban J connectivity index is 2.32. The molecule has 0 atom stereocenters. The molecule has 1 aromatic heterocycles. The van der Waals surface area contributed by atoms with Gasteiger partial charge in [0.05, 0.1) is 19.6 Å². The smallest absolute Gasteiger partial charge is 0.235 e. The highest BCUT2D eigenvalue weighted by atomic mass is 16.5. The first-order chi connectivity index (χ1) is 10.7. The fourth-order valence-electron chi connectivity index (χ4n) is 2.46. The van der Waals surface area contributed by atoms with Gasteiger partial charge in [-0.25, -0.2) is 0 Å². The summed E-state index contributed by atoms with van der Waals surface area (Å²) in [5.74, 6) is 1.38. The Morgan fingerprint density at radius 2 is 1.68 bits per heavy atom. The van der Waals surface area contributed by atoms with Gasteiger partial charge in [0.25, 0.3) is 0 Å². The van der Waals surface area contributed by atoms with Crippen molar-refractivity contribution in [1.29, 1.82) is 0 Å². The molecule has 0 N–H and O–H groups in total. The summed E-state index contributed by atoms with van der Waals surface area (Å²) >= 11 is 0. The van der Waals surface area contributed by atoms with Crippen LogP contribution in [0.5, 0.6) is 11.5 Å². The number of hydrogen-bond acceptors (Lipinski definition) is 4. The Labute approximate surface area is 127 Å². The van der Waals surface area contributed by atoms with E-state index in [0.29, 0.717) is 16.7 Å². The van der Waals surface area contributed by atoms with E-state index in [2.05, 4.69) is 0 Å². The van der Waals surface area contributed by atoms with Crippen LogP contribution in [0.25, 0.3) is 22.3 Å². The van der Waals surface area contributed by atoms with E-state index < -0.39 is 0 Å². The van der Waals surface area contributed by atoms with Crippen LogP contribution in [0.15, 0.2) is 51.7 Å². The molecule has 4 nitrogen and oxygen atoms in total. The maximum Gasteiger partial charge on any atom is 0.235 e. The largest absolute Gasteiger partial charge is 0.497 e. The second kappa shape index (κ2) is 5.56. The molecule has 112 valence electrons. The maximum absolute atomic E-state index is 12.6. The van der Waals surface area contributed by atoms with Crippen LogP contribution in [0, 0.1) is 6.92 Å². The summed E-state index contributed by atoms with van der Waals surface area (Å²) in [6, 6.07) is 12.8. The van der Waals surface area contributed by atoms with Crippen molar-refractivity contribution in [2.24, 2.45) is 0 Å². The minimum absolute atomic E-state index is 0.168. The topological polar surface area (TPSA) is 48.7 Å². The highest BCUT2D eigenvalue weighted by Crippen LogP contribution is 2.32. The van der Waals surface area contributed by atoms with E-state index in [0.717, 1.165) is 16.9 Å². The molecule has 3 aromatic rings. The quantitative estimate of drug-likeness (QED) is 0.738. The molecule has 0 spiro atoms. The lowest BCUT2D eigenvalue weighted by Gasteiger charge is -2.10. The monoisotopic (exact) mass is 296 g/mol. The maximum atomic E-state index is 12.6. The van der Waals surface area contributed by atoms with Crippen molar-refractivity contribution in [3.05, 3.63) is 58.3 Å². The lowest BCUT2D eigenvalue weighted by molar-refractivity contribution is 0.398. The Kier molecular flexibility index (Phi) is 3.59. The van der Waals surface area contributed by atoms with Gasteiger partial charge in [0, 0.05) is 5.56 Å². The third-order valence-corrected chi connectivity index (χ3v) is 3.63. The molecule has 0 bridgehead atoms. The van der Waals surface area contributed by atoms with Crippen molar-refractivity contribution in [2.45, 2.75) is 6.92 Å². The molecule has 0 aliphatic rings. The third kappa shape index (κ3) is 2.22. The van der Waals surface area contributed by atoms with E-state index in [-0.39, 0.29) is 11.2 Å². The highest BCUT2D eigenvalue weighted by Gasteiger charge is 2.17. The van der Waals surface area contributed by atoms with Crippen LogP contribution in [0.3, 0.4) is 0 Å². The van der Waals surface area contributed by atoms with Gasteiger partial charge in [-0.1, -0.05) is 12.1 Å². The first-order valence-electron chi connectivity index (χ1n) is 6.90.